The number of fused-ring (bicyclic) bond motifs is 9. The molecule has 9 aromatic rings. The van der Waals surface area contributed by atoms with Crippen LogP contribution in [0.5, 0.6) is 0 Å². The molecule has 3 heteroatoms. The highest BCUT2D eigenvalue weighted by Gasteiger charge is 2.05. The summed E-state index contributed by atoms with van der Waals surface area (Å²) < 4.78 is 10.6. The molecule has 0 aliphatic heterocycles. The van der Waals surface area contributed by atoms with Crippen LogP contribution in [-0.2, 0) is 7.05 Å². The minimum atomic E-state index is 0.962. The van der Waals surface area contributed by atoms with E-state index in [0.29, 0.717) is 0 Å². The van der Waals surface area contributed by atoms with E-state index in [9.17, 15) is 0 Å². The van der Waals surface area contributed by atoms with Crippen molar-refractivity contribution in [2.75, 3.05) is 0 Å². The Kier molecular flexibility index (Phi) is 12.6. The summed E-state index contributed by atoms with van der Waals surface area (Å²) in [6, 6.07) is 50.4. The van der Waals surface area contributed by atoms with Crippen LogP contribution in [0.3, 0.4) is 0 Å². The van der Waals surface area contributed by atoms with Crippen molar-refractivity contribution in [1.29, 1.82) is 0 Å². The Hall–Kier alpha value is -4.86. The molecule has 0 saturated heterocycles. The summed E-state index contributed by atoms with van der Waals surface area (Å²) in [5.74, 6) is 0. The monoisotopic (exact) mass is 623 g/mol. The maximum atomic E-state index is 5.65. The molecule has 9 rings (SSSR count). The highest BCUT2D eigenvalue weighted by molar-refractivity contribution is 7.25. The Morgan fingerprint density at radius 2 is 0.674 bits per heavy atom. The van der Waals surface area contributed by atoms with E-state index in [1.54, 1.807) is 0 Å². The van der Waals surface area contributed by atoms with Crippen LogP contribution in [0.4, 0.5) is 0 Å². The van der Waals surface area contributed by atoms with Crippen LogP contribution in [0.15, 0.2) is 150 Å². The zero-order valence-corrected chi connectivity index (χ0v) is 28.9. The van der Waals surface area contributed by atoms with Crippen LogP contribution in [-0.4, -0.2) is 4.57 Å². The van der Waals surface area contributed by atoms with Crippen LogP contribution in [0.1, 0.15) is 41.5 Å². The zero-order chi connectivity index (χ0) is 32.9. The van der Waals surface area contributed by atoms with Gasteiger partial charge in [0.25, 0.3) is 0 Å². The summed E-state index contributed by atoms with van der Waals surface area (Å²) in [7, 11) is 2.12. The van der Waals surface area contributed by atoms with Gasteiger partial charge < -0.3 is 8.98 Å². The van der Waals surface area contributed by atoms with E-state index in [4.69, 9.17) is 4.42 Å². The van der Waals surface area contributed by atoms with Gasteiger partial charge in [-0.2, -0.15) is 0 Å². The summed E-state index contributed by atoms with van der Waals surface area (Å²) in [6.45, 7) is 12.0. The maximum absolute atomic E-state index is 5.65. The van der Waals surface area contributed by atoms with E-state index in [0.717, 1.165) is 11.2 Å². The van der Waals surface area contributed by atoms with Crippen LogP contribution in [0.2, 0.25) is 0 Å². The number of thiophene rings is 1. The molecule has 3 aromatic heterocycles. The molecule has 2 nitrogen and oxygen atoms in total. The normalized spacial score (nSPS) is 10.1. The first-order valence-corrected chi connectivity index (χ1v) is 17.2. The zero-order valence-electron chi connectivity index (χ0n) is 28.1. The van der Waals surface area contributed by atoms with Crippen molar-refractivity contribution in [3.8, 4) is 0 Å². The highest BCUT2D eigenvalue weighted by Crippen LogP contribution is 2.33. The lowest BCUT2D eigenvalue weighted by Gasteiger charge is -1.95. The average molecular weight is 624 g/mol. The first-order chi connectivity index (χ1) is 22.8. The first kappa shape index (κ1) is 34.0. The third kappa shape index (κ3) is 7.17. The second-order valence-corrected chi connectivity index (χ2v) is 10.9. The van der Waals surface area contributed by atoms with Gasteiger partial charge in [-0.25, -0.2) is 0 Å². The Balaban J connectivity index is 0.000000145. The maximum Gasteiger partial charge on any atom is 0.135 e. The fourth-order valence-corrected chi connectivity index (χ4v) is 6.57. The SMILES string of the molecule is CC.CC.CC.Cn1c2ccccc2c2ccccc21.c1ccc2c(c1)oc1ccccc12.c1ccc2c(c1)sc1ccccc12. The van der Waals surface area contributed by atoms with Gasteiger partial charge in [0.1, 0.15) is 11.2 Å². The quantitative estimate of drug-likeness (QED) is 0.164. The molecule has 46 heavy (non-hydrogen) atoms. The molecule has 0 bridgehead atoms. The van der Waals surface area contributed by atoms with Gasteiger partial charge in [0, 0.05) is 59.8 Å². The molecule has 0 fully saturated rings. The molecule has 0 atom stereocenters. The number of benzene rings is 6. The fraction of sp³-hybridized carbons (Fsp3) is 0.163. The van der Waals surface area contributed by atoms with Crippen molar-refractivity contribution in [2.45, 2.75) is 41.5 Å². The summed E-state index contributed by atoms with van der Waals surface area (Å²) in [5, 5.41) is 7.82. The van der Waals surface area contributed by atoms with Gasteiger partial charge >= 0.3 is 0 Å². The molecule has 3 heterocycles. The van der Waals surface area contributed by atoms with Crippen molar-refractivity contribution in [2.24, 2.45) is 7.05 Å². The van der Waals surface area contributed by atoms with E-state index in [-0.39, 0.29) is 0 Å². The van der Waals surface area contributed by atoms with Crippen molar-refractivity contribution in [3.05, 3.63) is 146 Å². The number of furan rings is 1. The lowest BCUT2D eigenvalue weighted by molar-refractivity contribution is 0.669. The smallest absolute Gasteiger partial charge is 0.135 e. The Labute approximate surface area is 277 Å². The summed E-state index contributed by atoms with van der Waals surface area (Å²) in [6.07, 6.45) is 0. The number of hydrogen-bond acceptors (Lipinski definition) is 2. The third-order valence-corrected chi connectivity index (χ3v) is 8.54. The molecule has 0 N–H and O–H groups in total. The number of para-hydroxylation sites is 4. The molecule has 0 spiro atoms. The lowest BCUT2D eigenvalue weighted by atomic mass is 10.2. The second-order valence-electron chi connectivity index (χ2n) is 9.78. The molecule has 0 aliphatic carbocycles. The van der Waals surface area contributed by atoms with Crippen LogP contribution < -0.4 is 0 Å². The van der Waals surface area contributed by atoms with Crippen LogP contribution >= 0.6 is 11.3 Å². The minimum absolute atomic E-state index is 0.962. The largest absolute Gasteiger partial charge is 0.456 e. The van der Waals surface area contributed by atoms with Gasteiger partial charge in [0.15, 0.2) is 0 Å². The summed E-state index contributed by atoms with van der Waals surface area (Å²) in [5.41, 5.74) is 4.52. The van der Waals surface area contributed by atoms with E-state index in [2.05, 4.69) is 121 Å². The molecule has 0 amide bonds. The van der Waals surface area contributed by atoms with Gasteiger partial charge in [-0.05, 0) is 36.4 Å². The topological polar surface area (TPSA) is 18.1 Å². The molecular weight excluding hydrogens is 579 g/mol. The summed E-state index contributed by atoms with van der Waals surface area (Å²) >= 11 is 1.86. The van der Waals surface area contributed by atoms with E-state index in [1.165, 1.54) is 52.8 Å². The lowest BCUT2D eigenvalue weighted by Crippen LogP contribution is -1.84. The van der Waals surface area contributed by atoms with Gasteiger partial charge in [0.2, 0.25) is 0 Å². The number of rotatable bonds is 0. The molecule has 0 unspecified atom stereocenters. The van der Waals surface area contributed by atoms with Crippen molar-refractivity contribution >= 4 is 75.3 Å². The molecule has 0 radical (unpaired) electrons. The number of nitrogens with zero attached hydrogens (tertiary/aromatic N) is 1. The van der Waals surface area contributed by atoms with Gasteiger partial charge in [0.05, 0.1) is 0 Å². The molecule has 0 saturated carbocycles. The Bertz CT molecular complexity index is 1990. The third-order valence-electron chi connectivity index (χ3n) is 7.39. The van der Waals surface area contributed by atoms with E-state index in [1.807, 2.05) is 89.3 Å². The van der Waals surface area contributed by atoms with Crippen molar-refractivity contribution < 1.29 is 4.42 Å². The van der Waals surface area contributed by atoms with Crippen molar-refractivity contribution in [3.63, 3.8) is 0 Å². The molecule has 0 aliphatic rings. The number of hydrogen-bond donors (Lipinski definition) is 0. The minimum Gasteiger partial charge on any atom is -0.456 e. The highest BCUT2D eigenvalue weighted by atomic mass is 32.1. The number of aryl methyl sites for hydroxylation is 1. The molecular formula is C43H45NOS. The van der Waals surface area contributed by atoms with Crippen molar-refractivity contribution in [1.82, 2.24) is 4.57 Å². The fourth-order valence-electron chi connectivity index (χ4n) is 5.47. The average Bonchev–Trinajstić information content (AvgIpc) is 3.81. The van der Waals surface area contributed by atoms with Gasteiger partial charge in [-0.1, -0.05) is 151 Å². The van der Waals surface area contributed by atoms with Gasteiger partial charge in [-0.15, -0.1) is 11.3 Å². The van der Waals surface area contributed by atoms with Crippen LogP contribution in [0.25, 0.3) is 63.9 Å². The van der Waals surface area contributed by atoms with E-state index < -0.39 is 0 Å². The first-order valence-electron chi connectivity index (χ1n) is 16.4. The Morgan fingerprint density at radius 3 is 1.09 bits per heavy atom. The van der Waals surface area contributed by atoms with Crippen LogP contribution in [0, 0.1) is 0 Å². The Morgan fingerprint density at radius 1 is 0.370 bits per heavy atom. The summed E-state index contributed by atoms with van der Waals surface area (Å²) in [4.78, 5) is 0. The predicted molar refractivity (Wildman–Crippen MR) is 208 cm³/mol. The predicted octanol–water partition coefficient (Wildman–Crippen LogP) is 14.1. The molecule has 234 valence electrons. The second kappa shape index (κ2) is 17.0. The van der Waals surface area contributed by atoms with E-state index >= 15 is 0 Å². The van der Waals surface area contributed by atoms with Gasteiger partial charge in [-0.3, -0.25) is 0 Å². The standard InChI is InChI=1S/C13H11N.C12H8O.C12H8S.3C2H6/c1-14-12-8-4-2-6-10(12)11-7-3-5-9-13(11)14;2*1-3-7-11-9(5-1)10-6-2-4-8-12(10)13-11;3*1-2/h2-9H,1H3;2*1-8H;3*1-2H3. The number of aromatic nitrogens is 1. The molecule has 6 aromatic carbocycles.